The van der Waals surface area contributed by atoms with Gasteiger partial charge >= 0.3 is 5.97 Å². The lowest BCUT2D eigenvalue weighted by Gasteiger charge is -2.07. The van der Waals surface area contributed by atoms with Gasteiger partial charge in [0.2, 0.25) is 0 Å². The maximum Gasteiger partial charge on any atom is 0.307 e. The third-order valence-electron chi connectivity index (χ3n) is 3.49. The number of benzene rings is 1. The molecule has 124 valence electrons. The Morgan fingerprint density at radius 1 is 1.13 bits per heavy atom. The Balaban J connectivity index is 2.26. The van der Waals surface area contributed by atoms with Crippen LogP contribution in [0.15, 0.2) is 12.1 Å². The zero-order chi connectivity index (χ0) is 17.0. The van der Waals surface area contributed by atoms with Gasteiger partial charge in [-0.2, -0.15) is 0 Å². The fourth-order valence-corrected chi connectivity index (χ4v) is 3.36. The van der Waals surface area contributed by atoms with Crippen molar-refractivity contribution in [1.29, 1.82) is 0 Å². The average Bonchev–Trinajstić information content (AvgIpc) is 2.89. The van der Waals surface area contributed by atoms with E-state index >= 15 is 0 Å². The summed E-state index contributed by atoms with van der Waals surface area (Å²) in [6.07, 6.45) is 0.147. The van der Waals surface area contributed by atoms with Crippen LogP contribution in [0.1, 0.15) is 21.7 Å². The molecule has 0 unspecified atom stereocenters. The highest BCUT2D eigenvalue weighted by atomic mass is 32.1. The van der Waals surface area contributed by atoms with E-state index in [0.29, 0.717) is 16.4 Å². The standard InChI is InChI=1S/C16H19NO5S/c1-9-10-7-11(20-2)12(21-3)8-13(10)23-15(9)16(19)17-6-5-14(18)22-4/h7-8H,5-6H2,1-4H3,(H,17,19). The summed E-state index contributed by atoms with van der Waals surface area (Å²) >= 11 is 1.38. The summed E-state index contributed by atoms with van der Waals surface area (Å²) in [5, 5.41) is 3.68. The van der Waals surface area contributed by atoms with Gasteiger partial charge in [0.1, 0.15) is 0 Å². The van der Waals surface area contributed by atoms with Crippen LogP contribution in [0.25, 0.3) is 10.1 Å². The molecule has 0 radical (unpaired) electrons. The van der Waals surface area contributed by atoms with Crippen molar-refractivity contribution in [2.45, 2.75) is 13.3 Å². The van der Waals surface area contributed by atoms with Crippen molar-refractivity contribution in [3.63, 3.8) is 0 Å². The third kappa shape index (κ3) is 3.56. The van der Waals surface area contributed by atoms with Gasteiger partial charge in [0, 0.05) is 22.7 Å². The van der Waals surface area contributed by atoms with Gasteiger partial charge in [0.15, 0.2) is 11.5 Å². The second-order valence-electron chi connectivity index (χ2n) is 4.84. The molecule has 0 aliphatic rings. The van der Waals surface area contributed by atoms with Crippen LogP contribution < -0.4 is 14.8 Å². The SMILES string of the molecule is COC(=O)CCNC(=O)c1sc2cc(OC)c(OC)cc2c1C. The molecule has 0 spiro atoms. The number of hydrogen-bond donors (Lipinski definition) is 1. The molecule has 7 heteroatoms. The Labute approximate surface area is 138 Å². The van der Waals surface area contributed by atoms with E-state index in [1.54, 1.807) is 14.2 Å². The van der Waals surface area contributed by atoms with E-state index in [9.17, 15) is 9.59 Å². The number of aryl methyl sites for hydroxylation is 1. The minimum Gasteiger partial charge on any atom is -0.493 e. The van der Waals surface area contributed by atoms with Crippen molar-refractivity contribution in [1.82, 2.24) is 5.32 Å². The van der Waals surface area contributed by atoms with Gasteiger partial charge in [-0.15, -0.1) is 11.3 Å². The lowest BCUT2D eigenvalue weighted by molar-refractivity contribution is -0.140. The number of methoxy groups -OCH3 is 3. The van der Waals surface area contributed by atoms with Crippen molar-refractivity contribution in [2.24, 2.45) is 0 Å². The number of hydrogen-bond acceptors (Lipinski definition) is 6. The van der Waals surface area contributed by atoms with Crippen LogP contribution in [0.2, 0.25) is 0 Å². The Hall–Kier alpha value is -2.28. The molecule has 0 aliphatic heterocycles. The van der Waals surface area contributed by atoms with Gasteiger partial charge in [-0.1, -0.05) is 0 Å². The maximum atomic E-state index is 12.3. The van der Waals surface area contributed by atoms with E-state index in [0.717, 1.165) is 15.6 Å². The van der Waals surface area contributed by atoms with E-state index in [-0.39, 0.29) is 24.8 Å². The van der Waals surface area contributed by atoms with Crippen LogP contribution in [0.4, 0.5) is 0 Å². The second kappa shape index (κ2) is 7.32. The van der Waals surface area contributed by atoms with E-state index in [1.807, 2.05) is 19.1 Å². The van der Waals surface area contributed by atoms with Gasteiger partial charge in [-0.3, -0.25) is 9.59 Å². The normalized spacial score (nSPS) is 10.4. The molecule has 0 bridgehead atoms. The van der Waals surface area contributed by atoms with Gasteiger partial charge in [-0.05, 0) is 18.6 Å². The number of nitrogens with one attached hydrogen (secondary N) is 1. The van der Waals surface area contributed by atoms with Gasteiger partial charge in [0.05, 0.1) is 32.6 Å². The van der Waals surface area contributed by atoms with Crippen molar-refractivity contribution in [3.8, 4) is 11.5 Å². The van der Waals surface area contributed by atoms with Gasteiger partial charge in [0.25, 0.3) is 5.91 Å². The lowest BCUT2D eigenvalue weighted by atomic mass is 10.1. The van der Waals surface area contributed by atoms with Crippen LogP contribution >= 0.6 is 11.3 Å². The molecular formula is C16H19NO5S. The second-order valence-corrected chi connectivity index (χ2v) is 5.89. The summed E-state index contributed by atoms with van der Waals surface area (Å²) in [7, 11) is 4.47. The number of amides is 1. The summed E-state index contributed by atoms with van der Waals surface area (Å²) in [6, 6.07) is 3.72. The van der Waals surface area contributed by atoms with Crippen molar-refractivity contribution in [3.05, 3.63) is 22.6 Å². The number of esters is 1. The molecule has 2 aromatic rings. The Morgan fingerprint density at radius 3 is 2.39 bits per heavy atom. The maximum absolute atomic E-state index is 12.3. The molecular weight excluding hydrogens is 318 g/mol. The van der Waals surface area contributed by atoms with Crippen molar-refractivity contribution >= 4 is 33.3 Å². The third-order valence-corrected chi connectivity index (χ3v) is 4.74. The number of thiophene rings is 1. The number of carbonyl (C=O) groups excluding carboxylic acids is 2. The van der Waals surface area contributed by atoms with Crippen LogP contribution in [-0.4, -0.2) is 39.8 Å². The summed E-state index contributed by atoms with van der Waals surface area (Å²) < 4.78 is 16.1. The van der Waals surface area contributed by atoms with E-state index in [4.69, 9.17) is 9.47 Å². The Kier molecular flexibility index (Phi) is 5.44. The molecule has 0 aliphatic carbocycles. The van der Waals surface area contributed by atoms with E-state index < -0.39 is 0 Å². The highest BCUT2D eigenvalue weighted by molar-refractivity contribution is 7.21. The molecule has 1 aromatic heterocycles. The van der Waals surface area contributed by atoms with Crippen LogP contribution in [0, 0.1) is 6.92 Å². The first-order valence-corrected chi connectivity index (χ1v) is 7.83. The molecule has 0 saturated carbocycles. The monoisotopic (exact) mass is 337 g/mol. The Bertz CT molecular complexity index is 738. The van der Waals surface area contributed by atoms with Crippen molar-refractivity contribution in [2.75, 3.05) is 27.9 Å². The number of rotatable bonds is 6. The zero-order valence-electron chi connectivity index (χ0n) is 13.5. The first-order chi connectivity index (χ1) is 11.0. The molecule has 2 rings (SSSR count). The number of fused-ring (bicyclic) bond motifs is 1. The molecule has 23 heavy (non-hydrogen) atoms. The molecule has 1 heterocycles. The Morgan fingerprint density at radius 2 is 1.78 bits per heavy atom. The first-order valence-electron chi connectivity index (χ1n) is 7.02. The smallest absolute Gasteiger partial charge is 0.307 e. The molecule has 1 amide bonds. The highest BCUT2D eigenvalue weighted by Gasteiger charge is 2.18. The topological polar surface area (TPSA) is 73.9 Å². The summed E-state index contributed by atoms with van der Waals surface area (Å²) in [4.78, 5) is 24.0. The van der Waals surface area contributed by atoms with Crippen LogP contribution in [0.5, 0.6) is 11.5 Å². The fraction of sp³-hybridized carbons (Fsp3) is 0.375. The number of ether oxygens (including phenoxy) is 3. The number of carbonyl (C=O) groups is 2. The van der Waals surface area contributed by atoms with E-state index in [2.05, 4.69) is 10.1 Å². The van der Waals surface area contributed by atoms with Gasteiger partial charge < -0.3 is 19.5 Å². The fourth-order valence-electron chi connectivity index (χ4n) is 2.22. The summed E-state index contributed by atoms with van der Waals surface area (Å²) in [5.74, 6) is 0.691. The predicted octanol–water partition coefficient (Wildman–Crippen LogP) is 2.52. The summed E-state index contributed by atoms with van der Waals surface area (Å²) in [6.45, 7) is 2.13. The highest BCUT2D eigenvalue weighted by Crippen LogP contribution is 2.38. The largest absolute Gasteiger partial charge is 0.493 e. The van der Waals surface area contributed by atoms with Crippen LogP contribution in [0.3, 0.4) is 0 Å². The zero-order valence-corrected chi connectivity index (χ0v) is 14.3. The minimum atomic E-state index is -0.354. The van der Waals surface area contributed by atoms with Gasteiger partial charge in [-0.25, -0.2) is 0 Å². The molecule has 0 atom stereocenters. The minimum absolute atomic E-state index is 0.147. The first kappa shape index (κ1) is 17.1. The molecule has 1 aromatic carbocycles. The molecule has 6 nitrogen and oxygen atoms in total. The molecule has 0 saturated heterocycles. The predicted molar refractivity (Wildman–Crippen MR) is 88.6 cm³/mol. The lowest BCUT2D eigenvalue weighted by Crippen LogP contribution is -2.26. The van der Waals surface area contributed by atoms with Crippen LogP contribution in [-0.2, 0) is 9.53 Å². The quantitative estimate of drug-likeness (QED) is 0.820. The molecule has 0 fully saturated rings. The van der Waals surface area contributed by atoms with Crippen molar-refractivity contribution < 1.29 is 23.8 Å². The molecule has 1 N–H and O–H groups in total. The average molecular weight is 337 g/mol. The summed E-state index contributed by atoms with van der Waals surface area (Å²) in [5.41, 5.74) is 0.876. The van der Waals surface area contributed by atoms with E-state index in [1.165, 1.54) is 18.4 Å².